The molecule has 3 rings (SSSR count). The monoisotopic (exact) mass is 458 g/mol. The van der Waals surface area contributed by atoms with Crippen LogP contribution in [-0.4, -0.2) is 29.2 Å². The van der Waals surface area contributed by atoms with Crippen LogP contribution in [0, 0.1) is 0 Å². The van der Waals surface area contributed by atoms with Crippen molar-refractivity contribution in [2.24, 2.45) is 0 Å². The van der Waals surface area contributed by atoms with Gasteiger partial charge in [0.1, 0.15) is 11.6 Å². The Morgan fingerprint density at radius 2 is 1.56 bits per heavy atom. The highest BCUT2D eigenvalue weighted by Crippen LogP contribution is 2.33. The molecule has 170 valence electrons. The lowest BCUT2D eigenvalue weighted by atomic mass is 10.1. The SMILES string of the molecule is CCNc1nc(Nc2ccccc2OC(F)(F)F)cc(-c2cccc(OC(F)(F)F)c2)n1. The minimum Gasteiger partial charge on any atom is -0.406 e. The van der Waals surface area contributed by atoms with Crippen molar-refractivity contribution in [3.05, 3.63) is 54.6 Å². The molecule has 1 heterocycles. The van der Waals surface area contributed by atoms with Crippen molar-refractivity contribution in [1.29, 1.82) is 0 Å². The number of benzene rings is 2. The van der Waals surface area contributed by atoms with Crippen molar-refractivity contribution < 1.29 is 35.8 Å². The van der Waals surface area contributed by atoms with Gasteiger partial charge >= 0.3 is 12.7 Å². The zero-order valence-corrected chi connectivity index (χ0v) is 16.4. The van der Waals surface area contributed by atoms with Crippen LogP contribution in [0.4, 0.5) is 43.8 Å². The molecule has 0 fully saturated rings. The number of halogens is 6. The van der Waals surface area contributed by atoms with Crippen LogP contribution >= 0.6 is 0 Å². The van der Waals surface area contributed by atoms with Crippen molar-refractivity contribution in [2.75, 3.05) is 17.2 Å². The van der Waals surface area contributed by atoms with Gasteiger partial charge in [-0.15, -0.1) is 26.3 Å². The molecule has 2 N–H and O–H groups in total. The van der Waals surface area contributed by atoms with Crippen LogP contribution in [0.3, 0.4) is 0 Å². The van der Waals surface area contributed by atoms with Crippen molar-refractivity contribution >= 4 is 17.5 Å². The van der Waals surface area contributed by atoms with Gasteiger partial charge in [0.05, 0.1) is 11.4 Å². The fourth-order valence-electron chi connectivity index (χ4n) is 2.67. The molecule has 0 unspecified atom stereocenters. The summed E-state index contributed by atoms with van der Waals surface area (Å²) >= 11 is 0. The number of anilines is 3. The second-order valence-corrected chi connectivity index (χ2v) is 6.24. The Labute approximate surface area is 178 Å². The molecule has 0 radical (unpaired) electrons. The van der Waals surface area contributed by atoms with E-state index < -0.39 is 24.2 Å². The lowest BCUT2D eigenvalue weighted by molar-refractivity contribution is -0.275. The number of hydrogen-bond acceptors (Lipinski definition) is 6. The van der Waals surface area contributed by atoms with E-state index in [9.17, 15) is 26.3 Å². The van der Waals surface area contributed by atoms with Crippen molar-refractivity contribution in [1.82, 2.24) is 9.97 Å². The maximum atomic E-state index is 12.7. The highest BCUT2D eigenvalue weighted by atomic mass is 19.4. The summed E-state index contributed by atoms with van der Waals surface area (Å²) in [5.41, 5.74) is 0.461. The van der Waals surface area contributed by atoms with Gasteiger partial charge in [-0.1, -0.05) is 24.3 Å². The largest absolute Gasteiger partial charge is 0.573 e. The number of nitrogens with zero attached hydrogens (tertiary/aromatic N) is 2. The topological polar surface area (TPSA) is 68.3 Å². The van der Waals surface area contributed by atoms with E-state index in [1.807, 2.05) is 0 Å². The molecule has 0 spiro atoms. The first kappa shape index (κ1) is 23.0. The average molecular weight is 458 g/mol. The molecule has 3 aromatic rings. The zero-order valence-electron chi connectivity index (χ0n) is 16.4. The lowest BCUT2D eigenvalue weighted by Gasteiger charge is -2.15. The van der Waals surface area contributed by atoms with Gasteiger partial charge < -0.3 is 20.1 Å². The quantitative estimate of drug-likeness (QED) is 0.416. The van der Waals surface area contributed by atoms with Crippen LogP contribution in [-0.2, 0) is 0 Å². The molecular weight excluding hydrogens is 442 g/mol. The van der Waals surface area contributed by atoms with Crippen LogP contribution in [0.5, 0.6) is 11.5 Å². The molecular formula is C20H16F6N4O2. The standard InChI is InChI=1S/C20H16F6N4O2/c1-2-27-18-29-15(12-6-5-7-13(10-12)31-19(21,22)23)11-17(30-18)28-14-8-3-4-9-16(14)32-20(24,25)26/h3-11H,2H2,1H3,(H2,27,28,29,30). The Bertz CT molecular complexity index is 1070. The first-order valence-electron chi connectivity index (χ1n) is 9.13. The summed E-state index contributed by atoms with van der Waals surface area (Å²) in [5, 5.41) is 5.59. The smallest absolute Gasteiger partial charge is 0.406 e. The minimum absolute atomic E-state index is 0.0221. The number of rotatable bonds is 7. The molecule has 0 aliphatic rings. The second kappa shape index (κ2) is 9.20. The molecule has 1 aromatic heterocycles. The summed E-state index contributed by atoms with van der Waals surface area (Å²) in [5.74, 6) is -0.724. The molecule has 12 heteroatoms. The summed E-state index contributed by atoms with van der Waals surface area (Å²) in [4.78, 5) is 8.43. The first-order valence-corrected chi connectivity index (χ1v) is 9.13. The maximum Gasteiger partial charge on any atom is 0.573 e. The fraction of sp³-hybridized carbons (Fsp3) is 0.200. The maximum absolute atomic E-state index is 12.7. The summed E-state index contributed by atoms with van der Waals surface area (Å²) in [6, 6.07) is 11.8. The number of hydrogen-bond donors (Lipinski definition) is 2. The van der Waals surface area contributed by atoms with Crippen LogP contribution in [0.2, 0.25) is 0 Å². The predicted molar refractivity (Wildman–Crippen MR) is 105 cm³/mol. The summed E-state index contributed by atoms with van der Waals surface area (Å²) in [7, 11) is 0. The van der Waals surface area contributed by atoms with Crippen molar-refractivity contribution in [3.63, 3.8) is 0 Å². The van der Waals surface area contributed by atoms with Gasteiger partial charge in [0, 0.05) is 18.2 Å². The van der Waals surface area contributed by atoms with Crippen LogP contribution in [0.25, 0.3) is 11.3 Å². The van der Waals surface area contributed by atoms with Gasteiger partial charge in [-0.2, -0.15) is 4.98 Å². The Morgan fingerprint density at radius 3 is 2.25 bits per heavy atom. The Morgan fingerprint density at radius 1 is 0.844 bits per heavy atom. The van der Waals surface area contributed by atoms with Gasteiger partial charge in [-0.25, -0.2) is 4.98 Å². The van der Waals surface area contributed by atoms with Crippen molar-refractivity contribution in [3.8, 4) is 22.8 Å². The molecule has 0 saturated heterocycles. The van der Waals surface area contributed by atoms with Crippen LogP contribution in [0.1, 0.15) is 6.92 Å². The van der Waals surface area contributed by atoms with E-state index in [4.69, 9.17) is 0 Å². The van der Waals surface area contributed by atoms with Gasteiger partial charge in [0.2, 0.25) is 5.95 Å². The molecule has 0 bridgehead atoms. The molecule has 0 aliphatic carbocycles. The van der Waals surface area contributed by atoms with E-state index in [-0.39, 0.29) is 28.7 Å². The molecule has 0 aliphatic heterocycles. The van der Waals surface area contributed by atoms with E-state index in [2.05, 4.69) is 30.1 Å². The molecule has 0 atom stereocenters. The Balaban J connectivity index is 1.97. The molecule has 2 aromatic carbocycles. The average Bonchev–Trinajstić information content (AvgIpc) is 2.67. The number of ether oxygens (including phenoxy) is 2. The van der Waals surface area contributed by atoms with E-state index >= 15 is 0 Å². The molecule has 6 nitrogen and oxygen atoms in total. The zero-order chi connectivity index (χ0) is 23.4. The van der Waals surface area contributed by atoms with E-state index in [1.165, 1.54) is 36.4 Å². The summed E-state index contributed by atoms with van der Waals surface area (Å²) < 4.78 is 83.6. The van der Waals surface area contributed by atoms with Crippen molar-refractivity contribution in [2.45, 2.75) is 19.6 Å². The highest BCUT2D eigenvalue weighted by Gasteiger charge is 2.32. The highest BCUT2D eigenvalue weighted by molar-refractivity contribution is 5.70. The van der Waals surface area contributed by atoms with Gasteiger partial charge in [-0.3, -0.25) is 0 Å². The van der Waals surface area contributed by atoms with E-state index in [1.54, 1.807) is 6.92 Å². The molecule has 32 heavy (non-hydrogen) atoms. The molecule has 0 saturated carbocycles. The third-order valence-corrected chi connectivity index (χ3v) is 3.80. The first-order chi connectivity index (χ1) is 15.0. The lowest BCUT2D eigenvalue weighted by Crippen LogP contribution is -2.18. The number of aromatic nitrogens is 2. The molecule has 0 amide bonds. The summed E-state index contributed by atoms with van der Waals surface area (Å²) in [6.07, 6.45) is -9.77. The predicted octanol–water partition coefficient (Wildman–Crippen LogP) is 6.12. The van der Waals surface area contributed by atoms with Gasteiger partial charge in [0.15, 0.2) is 5.75 Å². The second-order valence-electron chi connectivity index (χ2n) is 6.24. The van der Waals surface area contributed by atoms with Gasteiger partial charge in [0.25, 0.3) is 0 Å². The van der Waals surface area contributed by atoms with Gasteiger partial charge in [-0.05, 0) is 31.2 Å². The number of para-hydroxylation sites is 2. The third kappa shape index (κ3) is 6.65. The Hall–Kier alpha value is -3.70. The fourth-order valence-corrected chi connectivity index (χ4v) is 2.67. The van der Waals surface area contributed by atoms with Crippen LogP contribution in [0.15, 0.2) is 54.6 Å². The number of nitrogens with one attached hydrogen (secondary N) is 2. The normalized spacial score (nSPS) is 11.7. The third-order valence-electron chi connectivity index (χ3n) is 3.80. The summed E-state index contributed by atoms with van der Waals surface area (Å²) in [6.45, 7) is 2.20. The van der Waals surface area contributed by atoms with E-state index in [0.717, 1.165) is 18.2 Å². The van der Waals surface area contributed by atoms with E-state index in [0.29, 0.717) is 6.54 Å². The van der Waals surface area contributed by atoms with Crippen LogP contribution < -0.4 is 20.1 Å². The number of alkyl halides is 6. The minimum atomic E-state index is -4.90. The Kier molecular flexibility index (Phi) is 6.61.